The standard InChI is InChI=1S/C23H29N3O3/c1-16-14-25(10-11-26(16)17-4-6-18(28-2)7-5-17)15-23(27)21-13-24-22-9-8-19(29-3)12-20(21)22/h4-9,12-13,16,23-24,27H,10-11,14-15H2,1-3H3/t16-,23+/m0/s1. The zero-order valence-electron chi connectivity index (χ0n) is 17.3. The van der Waals surface area contributed by atoms with Crippen molar-refractivity contribution in [1.82, 2.24) is 9.88 Å². The number of aromatic nitrogens is 1. The van der Waals surface area contributed by atoms with Crippen molar-refractivity contribution in [3.05, 3.63) is 54.2 Å². The van der Waals surface area contributed by atoms with Gasteiger partial charge in [0.05, 0.1) is 20.3 Å². The van der Waals surface area contributed by atoms with E-state index in [1.807, 2.05) is 36.5 Å². The van der Waals surface area contributed by atoms with Gasteiger partial charge in [0, 0.05) is 60.6 Å². The molecule has 2 heterocycles. The van der Waals surface area contributed by atoms with E-state index in [-0.39, 0.29) is 0 Å². The van der Waals surface area contributed by atoms with Gasteiger partial charge in [0.15, 0.2) is 0 Å². The summed E-state index contributed by atoms with van der Waals surface area (Å²) in [5.74, 6) is 1.67. The van der Waals surface area contributed by atoms with Gasteiger partial charge in [-0.15, -0.1) is 0 Å². The first kappa shape index (κ1) is 19.6. The van der Waals surface area contributed by atoms with E-state index in [0.29, 0.717) is 12.6 Å². The van der Waals surface area contributed by atoms with Gasteiger partial charge >= 0.3 is 0 Å². The number of anilines is 1. The van der Waals surface area contributed by atoms with Crippen molar-refractivity contribution in [3.63, 3.8) is 0 Å². The number of aliphatic hydroxyl groups is 1. The molecule has 4 rings (SSSR count). The molecule has 2 atom stereocenters. The smallest absolute Gasteiger partial charge is 0.119 e. The second kappa shape index (κ2) is 8.35. The van der Waals surface area contributed by atoms with Gasteiger partial charge in [0.25, 0.3) is 0 Å². The van der Waals surface area contributed by atoms with Gasteiger partial charge in [-0.1, -0.05) is 0 Å². The number of β-amino-alcohol motifs (C(OH)–C–C–N with tert-alkyl or cyclic N) is 1. The SMILES string of the molecule is COc1ccc(N2CCN(C[C@@H](O)c3c[nH]c4ccc(OC)cc34)C[C@@H]2C)cc1. The number of nitrogens with one attached hydrogen (secondary N) is 1. The first-order valence-electron chi connectivity index (χ1n) is 10.0. The van der Waals surface area contributed by atoms with Crippen molar-refractivity contribution in [2.24, 2.45) is 0 Å². The fourth-order valence-electron chi connectivity index (χ4n) is 4.22. The Balaban J connectivity index is 1.42. The van der Waals surface area contributed by atoms with Crippen LogP contribution in [0.1, 0.15) is 18.6 Å². The van der Waals surface area contributed by atoms with Crippen molar-refractivity contribution in [1.29, 1.82) is 0 Å². The van der Waals surface area contributed by atoms with Gasteiger partial charge in [0.2, 0.25) is 0 Å². The summed E-state index contributed by atoms with van der Waals surface area (Å²) in [4.78, 5) is 8.01. The molecule has 2 N–H and O–H groups in total. The number of hydrogen-bond donors (Lipinski definition) is 2. The van der Waals surface area contributed by atoms with Gasteiger partial charge in [-0.25, -0.2) is 0 Å². The van der Waals surface area contributed by atoms with Crippen LogP contribution in [0.15, 0.2) is 48.7 Å². The number of H-pyrrole nitrogens is 1. The highest BCUT2D eigenvalue weighted by atomic mass is 16.5. The number of aliphatic hydroxyl groups excluding tert-OH is 1. The van der Waals surface area contributed by atoms with Gasteiger partial charge in [-0.3, -0.25) is 4.90 Å². The van der Waals surface area contributed by atoms with Crippen LogP contribution in [-0.2, 0) is 0 Å². The number of piperazine rings is 1. The molecule has 1 fully saturated rings. The molecule has 0 spiro atoms. The van der Waals surface area contributed by atoms with E-state index < -0.39 is 6.10 Å². The summed E-state index contributed by atoms with van der Waals surface area (Å²) in [5.41, 5.74) is 3.14. The minimum absolute atomic E-state index is 0.368. The van der Waals surface area contributed by atoms with Crippen LogP contribution >= 0.6 is 0 Å². The van der Waals surface area contributed by atoms with Crippen molar-refractivity contribution in [2.75, 3.05) is 45.3 Å². The number of rotatable bonds is 6. The number of aromatic amines is 1. The highest BCUT2D eigenvalue weighted by Gasteiger charge is 2.26. The van der Waals surface area contributed by atoms with Crippen LogP contribution in [0.5, 0.6) is 11.5 Å². The zero-order valence-corrected chi connectivity index (χ0v) is 17.3. The highest BCUT2D eigenvalue weighted by molar-refractivity contribution is 5.85. The largest absolute Gasteiger partial charge is 0.497 e. The molecular formula is C23H29N3O3. The Hall–Kier alpha value is -2.70. The Kier molecular flexibility index (Phi) is 5.65. The van der Waals surface area contributed by atoms with Crippen LogP contribution in [0, 0.1) is 0 Å². The topological polar surface area (TPSA) is 61.0 Å². The molecule has 6 heteroatoms. The number of ether oxygens (including phenoxy) is 2. The lowest BCUT2D eigenvalue weighted by atomic mass is 10.1. The van der Waals surface area contributed by atoms with Crippen molar-refractivity contribution in [3.8, 4) is 11.5 Å². The average molecular weight is 396 g/mol. The third-order valence-electron chi connectivity index (χ3n) is 5.83. The van der Waals surface area contributed by atoms with E-state index in [1.165, 1.54) is 5.69 Å². The number of hydrogen-bond acceptors (Lipinski definition) is 5. The molecule has 0 radical (unpaired) electrons. The molecule has 1 saturated heterocycles. The molecule has 1 aliphatic heterocycles. The summed E-state index contributed by atoms with van der Waals surface area (Å²) in [6, 6.07) is 14.5. The summed E-state index contributed by atoms with van der Waals surface area (Å²) >= 11 is 0. The molecule has 2 aromatic carbocycles. The predicted molar refractivity (Wildman–Crippen MR) is 116 cm³/mol. The number of fused-ring (bicyclic) bond motifs is 1. The Morgan fingerprint density at radius 2 is 1.79 bits per heavy atom. The Morgan fingerprint density at radius 1 is 1.07 bits per heavy atom. The lowest BCUT2D eigenvalue weighted by molar-refractivity contribution is 0.103. The van der Waals surface area contributed by atoms with Crippen LogP contribution in [0.2, 0.25) is 0 Å². The summed E-state index contributed by atoms with van der Waals surface area (Å²) in [6.45, 7) is 5.61. The third-order valence-corrected chi connectivity index (χ3v) is 5.83. The highest BCUT2D eigenvalue weighted by Crippen LogP contribution is 2.29. The van der Waals surface area contributed by atoms with Crippen molar-refractivity contribution in [2.45, 2.75) is 19.1 Å². The lowest BCUT2D eigenvalue weighted by Crippen LogP contribution is -2.52. The lowest BCUT2D eigenvalue weighted by Gasteiger charge is -2.42. The van der Waals surface area contributed by atoms with E-state index in [2.05, 4.69) is 33.8 Å². The third kappa shape index (κ3) is 4.04. The molecule has 29 heavy (non-hydrogen) atoms. The molecule has 0 bridgehead atoms. The predicted octanol–water partition coefficient (Wildman–Crippen LogP) is 3.43. The molecule has 0 aliphatic carbocycles. The van der Waals surface area contributed by atoms with Crippen LogP contribution in [-0.4, -0.2) is 61.4 Å². The molecular weight excluding hydrogens is 366 g/mol. The van der Waals surface area contributed by atoms with Crippen LogP contribution in [0.4, 0.5) is 5.69 Å². The van der Waals surface area contributed by atoms with Crippen molar-refractivity contribution >= 4 is 16.6 Å². The molecule has 154 valence electrons. The summed E-state index contributed by atoms with van der Waals surface area (Å²) in [7, 11) is 3.35. The number of methoxy groups -OCH3 is 2. The zero-order chi connectivity index (χ0) is 20.4. The summed E-state index contributed by atoms with van der Waals surface area (Å²) in [5, 5.41) is 11.9. The Bertz CT molecular complexity index is 954. The van der Waals surface area contributed by atoms with E-state index in [9.17, 15) is 5.11 Å². The van der Waals surface area contributed by atoms with Gasteiger partial charge in [0.1, 0.15) is 11.5 Å². The first-order chi connectivity index (χ1) is 14.1. The molecule has 6 nitrogen and oxygen atoms in total. The minimum Gasteiger partial charge on any atom is -0.497 e. The van der Waals surface area contributed by atoms with Crippen LogP contribution in [0.25, 0.3) is 10.9 Å². The van der Waals surface area contributed by atoms with E-state index in [1.54, 1.807) is 14.2 Å². The van der Waals surface area contributed by atoms with Gasteiger partial charge in [-0.05, 0) is 49.4 Å². The second-order valence-corrected chi connectivity index (χ2v) is 7.67. The van der Waals surface area contributed by atoms with E-state index >= 15 is 0 Å². The molecule has 3 aromatic rings. The number of nitrogens with zero attached hydrogens (tertiary/aromatic N) is 2. The summed E-state index contributed by atoms with van der Waals surface area (Å²) in [6.07, 6.45) is 1.36. The maximum atomic E-state index is 10.9. The number of benzene rings is 2. The van der Waals surface area contributed by atoms with Crippen LogP contribution in [0.3, 0.4) is 0 Å². The fourth-order valence-corrected chi connectivity index (χ4v) is 4.22. The molecule has 0 unspecified atom stereocenters. The van der Waals surface area contributed by atoms with E-state index in [4.69, 9.17) is 9.47 Å². The minimum atomic E-state index is -0.546. The van der Waals surface area contributed by atoms with Crippen molar-refractivity contribution < 1.29 is 14.6 Å². The molecule has 1 aromatic heterocycles. The van der Waals surface area contributed by atoms with Gasteiger partial charge < -0.3 is 24.5 Å². The maximum absolute atomic E-state index is 10.9. The van der Waals surface area contributed by atoms with Crippen LogP contribution < -0.4 is 14.4 Å². The second-order valence-electron chi connectivity index (χ2n) is 7.67. The van der Waals surface area contributed by atoms with E-state index in [0.717, 1.165) is 47.6 Å². The first-order valence-corrected chi connectivity index (χ1v) is 10.0. The molecule has 0 amide bonds. The fraction of sp³-hybridized carbons (Fsp3) is 0.391. The molecule has 1 aliphatic rings. The summed E-state index contributed by atoms with van der Waals surface area (Å²) < 4.78 is 10.6. The van der Waals surface area contributed by atoms with Gasteiger partial charge in [-0.2, -0.15) is 0 Å². The molecule has 0 saturated carbocycles. The average Bonchev–Trinajstić information content (AvgIpc) is 3.17. The quantitative estimate of drug-likeness (QED) is 0.670. The monoisotopic (exact) mass is 395 g/mol. The Morgan fingerprint density at radius 3 is 2.48 bits per heavy atom. The maximum Gasteiger partial charge on any atom is 0.119 e. The Labute approximate surface area is 171 Å². The normalized spacial score (nSPS) is 18.8.